The van der Waals surface area contributed by atoms with E-state index in [0.717, 1.165) is 24.3 Å². The summed E-state index contributed by atoms with van der Waals surface area (Å²) in [6.07, 6.45) is 0. The monoisotopic (exact) mass is 349 g/mol. The molecule has 1 heterocycles. The summed E-state index contributed by atoms with van der Waals surface area (Å²) in [6.45, 7) is 1.76. The molecule has 2 aromatic carbocycles. The fourth-order valence-corrected chi connectivity index (χ4v) is 4.60. The molecule has 0 saturated heterocycles. The summed E-state index contributed by atoms with van der Waals surface area (Å²) in [4.78, 5) is 4.36. The highest BCUT2D eigenvalue weighted by Crippen LogP contribution is 2.34. The van der Waals surface area contributed by atoms with Crippen molar-refractivity contribution in [3.63, 3.8) is 0 Å². The third-order valence-corrected chi connectivity index (χ3v) is 5.80. The van der Waals surface area contributed by atoms with Gasteiger partial charge in [0.25, 0.3) is 0 Å². The number of halogens is 4. The minimum Gasteiger partial charge on any atom is -0.253 e. The Balaban J connectivity index is 2.24. The number of nitrogens with zero attached hydrogens (tertiary/aromatic N) is 1. The molecule has 0 fully saturated rings. The SMILES string of the molecule is Cc1cccc(P(c2ccc(F)cc2F)c2ccc(F)cc2F)n1. The second kappa shape index (κ2) is 6.70. The number of rotatable bonds is 3. The van der Waals surface area contributed by atoms with E-state index in [1.54, 1.807) is 25.1 Å². The van der Waals surface area contributed by atoms with E-state index in [4.69, 9.17) is 0 Å². The molecule has 0 atom stereocenters. The normalized spacial score (nSPS) is 11.1. The van der Waals surface area contributed by atoms with Gasteiger partial charge in [0, 0.05) is 36.4 Å². The predicted molar refractivity (Wildman–Crippen MR) is 87.5 cm³/mol. The van der Waals surface area contributed by atoms with Crippen molar-refractivity contribution in [2.24, 2.45) is 0 Å². The topological polar surface area (TPSA) is 12.9 Å². The van der Waals surface area contributed by atoms with Crippen molar-refractivity contribution >= 4 is 24.0 Å². The lowest BCUT2D eigenvalue weighted by molar-refractivity contribution is 0.588. The Morgan fingerprint density at radius 1 is 0.750 bits per heavy atom. The third kappa shape index (κ3) is 3.31. The zero-order valence-electron chi connectivity index (χ0n) is 12.6. The summed E-state index contributed by atoms with van der Waals surface area (Å²) in [7, 11) is -1.72. The van der Waals surface area contributed by atoms with E-state index >= 15 is 0 Å². The molecule has 0 radical (unpaired) electrons. The fraction of sp³-hybridized carbons (Fsp3) is 0.0556. The fourth-order valence-electron chi connectivity index (χ4n) is 2.36. The highest BCUT2D eigenvalue weighted by atomic mass is 31.1. The molecule has 1 aromatic heterocycles. The number of benzene rings is 2. The van der Waals surface area contributed by atoms with Crippen LogP contribution in [0.4, 0.5) is 17.6 Å². The second-order valence-corrected chi connectivity index (χ2v) is 7.26. The molecule has 0 saturated carbocycles. The van der Waals surface area contributed by atoms with Crippen LogP contribution in [0.25, 0.3) is 0 Å². The van der Waals surface area contributed by atoms with Gasteiger partial charge in [-0.25, -0.2) is 17.6 Å². The largest absolute Gasteiger partial charge is 0.253 e. The van der Waals surface area contributed by atoms with Gasteiger partial charge in [-0.1, -0.05) is 6.07 Å². The van der Waals surface area contributed by atoms with E-state index in [1.165, 1.54) is 12.1 Å². The zero-order valence-corrected chi connectivity index (χ0v) is 13.5. The molecule has 3 rings (SSSR count). The van der Waals surface area contributed by atoms with Crippen LogP contribution in [0.15, 0.2) is 54.6 Å². The lowest BCUT2D eigenvalue weighted by Crippen LogP contribution is -2.27. The summed E-state index contributed by atoms with van der Waals surface area (Å²) in [6, 6.07) is 11.4. The molecular formula is C18H12F4NP. The molecule has 6 heteroatoms. The maximum absolute atomic E-state index is 14.3. The Kier molecular flexibility index (Phi) is 4.63. The van der Waals surface area contributed by atoms with Crippen molar-refractivity contribution < 1.29 is 17.6 Å². The van der Waals surface area contributed by atoms with E-state index in [1.807, 2.05) is 0 Å². The van der Waals surface area contributed by atoms with Crippen LogP contribution >= 0.6 is 7.92 Å². The molecule has 122 valence electrons. The van der Waals surface area contributed by atoms with Gasteiger partial charge >= 0.3 is 0 Å². The Morgan fingerprint density at radius 2 is 1.29 bits per heavy atom. The second-order valence-electron chi connectivity index (χ2n) is 5.16. The smallest absolute Gasteiger partial charge is 0.134 e. The van der Waals surface area contributed by atoms with Gasteiger partial charge < -0.3 is 0 Å². The molecule has 0 aliphatic heterocycles. The van der Waals surface area contributed by atoms with Crippen LogP contribution in [-0.4, -0.2) is 4.98 Å². The van der Waals surface area contributed by atoms with E-state index in [9.17, 15) is 17.6 Å². The van der Waals surface area contributed by atoms with Gasteiger partial charge in [0.2, 0.25) is 0 Å². The molecular weight excluding hydrogens is 337 g/mol. The number of hydrogen-bond donors (Lipinski definition) is 0. The van der Waals surface area contributed by atoms with Crippen LogP contribution in [-0.2, 0) is 0 Å². The van der Waals surface area contributed by atoms with Crippen molar-refractivity contribution in [3.05, 3.63) is 83.6 Å². The lowest BCUT2D eigenvalue weighted by atomic mass is 10.3. The molecule has 3 aromatic rings. The third-order valence-electron chi connectivity index (χ3n) is 3.40. The standard InChI is InChI=1S/C18H12F4NP/c1-11-3-2-4-18(23-11)24(16-7-5-12(19)9-14(16)21)17-8-6-13(20)10-15(17)22/h2-10H,1H3. The van der Waals surface area contributed by atoms with Gasteiger partial charge in [0.05, 0.1) is 5.44 Å². The first-order chi connectivity index (χ1) is 11.5. The van der Waals surface area contributed by atoms with Crippen molar-refractivity contribution in [3.8, 4) is 0 Å². The summed E-state index contributed by atoms with van der Waals surface area (Å²) < 4.78 is 55.2. The van der Waals surface area contributed by atoms with Crippen molar-refractivity contribution in [2.75, 3.05) is 0 Å². The Hall–Kier alpha value is -2.26. The minimum absolute atomic E-state index is 0.134. The summed E-state index contributed by atoms with van der Waals surface area (Å²) >= 11 is 0. The number of aryl methyl sites for hydroxylation is 1. The van der Waals surface area contributed by atoms with Gasteiger partial charge in [-0.05, 0) is 43.3 Å². The molecule has 0 bridgehead atoms. The van der Waals surface area contributed by atoms with Gasteiger partial charge in [0.15, 0.2) is 0 Å². The molecule has 0 aliphatic rings. The summed E-state index contributed by atoms with van der Waals surface area (Å²) in [5.74, 6) is -3.01. The highest BCUT2D eigenvalue weighted by molar-refractivity contribution is 7.79. The van der Waals surface area contributed by atoms with Crippen molar-refractivity contribution in [2.45, 2.75) is 6.92 Å². The first-order valence-corrected chi connectivity index (χ1v) is 8.44. The molecule has 1 nitrogen and oxygen atoms in total. The number of aromatic nitrogens is 1. The van der Waals surface area contributed by atoms with E-state index < -0.39 is 31.2 Å². The predicted octanol–water partition coefficient (Wildman–Crippen LogP) is 3.70. The lowest BCUT2D eigenvalue weighted by Gasteiger charge is -2.19. The molecule has 0 amide bonds. The van der Waals surface area contributed by atoms with Crippen LogP contribution < -0.4 is 16.0 Å². The van der Waals surface area contributed by atoms with Crippen LogP contribution in [0, 0.1) is 30.2 Å². The Bertz CT molecular complexity index is 846. The number of pyridine rings is 1. The van der Waals surface area contributed by atoms with Crippen LogP contribution in [0.5, 0.6) is 0 Å². The van der Waals surface area contributed by atoms with Crippen LogP contribution in [0.3, 0.4) is 0 Å². The van der Waals surface area contributed by atoms with Gasteiger partial charge in [-0.2, -0.15) is 0 Å². The summed E-state index contributed by atoms with van der Waals surface area (Å²) in [5.41, 5.74) is 1.14. The van der Waals surface area contributed by atoms with E-state index in [-0.39, 0.29) is 10.6 Å². The molecule has 24 heavy (non-hydrogen) atoms. The highest BCUT2D eigenvalue weighted by Gasteiger charge is 2.24. The maximum atomic E-state index is 14.3. The van der Waals surface area contributed by atoms with Crippen LogP contribution in [0.1, 0.15) is 5.69 Å². The van der Waals surface area contributed by atoms with Crippen molar-refractivity contribution in [1.29, 1.82) is 0 Å². The Morgan fingerprint density at radius 3 is 1.75 bits per heavy atom. The average Bonchev–Trinajstić information content (AvgIpc) is 2.51. The average molecular weight is 349 g/mol. The quantitative estimate of drug-likeness (QED) is 0.519. The summed E-state index contributed by atoms with van der Waals surface area (Å²) in [5, 5.41) is 0.269. The number of hydrogen-bond acceptors (Lipinski definition) is 1. The molecule has 0 unspecified atom stereocenters. The van der Waals surface area contributed by atoms with E-state index in [0.29, 0.717) is 11.1 Å². The van der Waals surface area contributed by atoms with Gasteiger partial charge in [0.1, 0.15) is 23.3 Å². The van der Waals surface area contributed by atoms with Gasteiger partial charge in [-0.3, -0.25) is 4.98 Å². The Labute approximate surface area is 137 Å². The van der Waals surface area contributed by atoms with Crippen LogP contribution in [0.2, 0.25) is 0 Å². The molecule has 0 spiro atoms. The molecule has 0 N–H and O–H groups in total. The van der Waals surface area contributed by atoms with E-state index in [2.05, 4.69) is 4.98 Å². The maximum Gasteiger partial charge on any atom is 0.134 e. The van der Waals surface area contributed by atoms with Gasteiger partial charge in [-0.15, -0.1) is 0 Å². The van der Waals surface area contributed by atoms with Crippen molar-refractivity contribution in [1.82, 2.24) is 4.98 Å². The molecule has 0 aliphatic carbocycles. The first kappa shape index (κ1) is 16.6. The minimum atomic E-state index is -1.72. The first-order valence-electron chi connectivity index (χ1n) is 7.09. The zero-order chi connectivity index (χ0) is 17.3.